The number of carbonyl (C=O) groups is 1. The van der Waals surface area contributed by atoms with Crippen molar-refractivity contribution in [3.05, 3.63) is 29.8 Å². The van der Waals surface area contributed by atoms with Crippen molar-refractivity contribution in [2.45, 2.75) is 43.9 Å². The van der Waals surface area contributed by atoms with E-state index in [1.165, 1.54) is 19.3 Å². The second-order valence-electron chi connectivity index (χ2n) is 3.93. The van der Waals surface area contributed by atoms with Crippen LogP contribution in [0.5, 0.6) is 0 Å². The Balaban J connectivity index is 2.52. The fourth-order valence-corrected chi connectivity index (χ4v) is 2.34. The molecule has 1 nitrogen and oxygen atoms in total. The molecule has 0 heterocycles. The Hall–Kier alpha value is -0.760. The van der Waals surface area contributed by atoms with E-state index in [-0.39, 0.29) is 0 Å². The maximum absolute atomic E-state index is 12.0. The van der Waals surface area contributed by atoms with Crippen LogP contribution >= 0.6 is 11.8 Å². The van der Waals surface area contributed by atoms with Crippen molar-refractivity contribution in [2.24, 2.45) is 0 Å². The monoisotopic (exact) mass is 236 g/mol. The van der Waals surface area contributed by atoms with Gasteiger partial charge < -0.3 is 0 Å². The first-order chi connectivity index (χ1) is 7.79. The molecule has 2 heteroatoms. The van der Waals surface area contributed by atoms with Crippen LogP contribution < -0.4 is 0 Å². The number of carbonyl (C=O) groups excluding carboxylic acids is 1. The van der Waals surface area contributed by atoms with E-state index in [1.54, 1.807) is 11.8 Å². The third kappa shape index (κ3) is 4.01. The van der Waals surface area contributed by atoms with Gasteiger partial charge >= 0.3 is 0 Å². The van der Waals surface area contributed by atoms with Gasteiger partial charge in [-0.25, -0.2) is 0 Å². The van der Waals surface area contributed by atoms with E-state index in [4.69, 9.17) is 0 Å². The molecule has 1 aromatic carbocycles. The van der Waals surface area contributed by atoms with Crippen LogP contribution in [-0.4, -0.2) is 12.0 Å². The highest BCUT2D eigenvalue weighted by atomic mass is 32.2. The van der Waals surface area contributed by atoms with Crippen LogP contribution in [0.3, 0.4) is 0 Å². The molecule has 0 radical (unpaired) electrons. The van der Waals surface area contributed by atoms with Gasteiger partial charge in [0.2, 0.25) is 0 Å². The van der Waals surface area contributed by atoms with E-state index >= 15 is 0 Å². The van der Waals surface area contributed by atoms with Gasteiger partial charge in [0.15, 0.2) is 5.78 Å². The average Bonchev–Trinajstić information content (AvgIpc) is 2.34. The standard InChI is InChI=1S/C14H20OS/c1-3-4-5-6-10-13(15)12-9-7-8-11-14(12)16-2/h7-9,11H,3-6,10H2,1-2H3. The molecule has 0 aromatic heterocycles. The Bertz CT molecular complexity index is 333. The molecule has 0 aliphatic carbocycles. The van der Waals surface area contributed by atoms with Gasteiger partial charge in [-0.1, -0.05) is 44.4 Å². The Morgan fingerprint density at radius 2 is 1.94 bits per heavy atom. The average molecular weight is 236 g/mol. The number of thioether (sulfide) groups is 1. The minimum Gasteiger partial charge on any atom is -0.294 e. The van der Waals surface area contributed by atoms with E-state index in [0.717, 1.165) is 16.9 Å². The second kappa shape index (κ2) is 7.50. The first-order valence-corrected chi connectivity index (χ1v) is 7.18. The molecular formula is C14H20OS. The van der Waals surface area contributed by atoms with Gasteiger partial charge in [0.1, 0.15) is 0 Å². The lowest BCUT2D eigenvalue weighted by Gasteiger charge is -2.05. The molecule has 16 heavy (non-hydrogen) atoms. The molecule has 0 aliphatic heterocycles. The van der Waals surface area contributed by atoms with E-state index < -0.39 is 0 Å². The topological polar surface area (TPSA) is 17.1 Å². The van der Waals surface area contributed by atoms with Crippen molar-refractivity contribution in [1.82, 2.24) is 0 Å². The highest BCUT2D eigenvalue weighted by molar-refractivity contribution is 7.98. The van der Waals surface area contributed by atoms with Gasteiger partial charge in [0.05, 0.1) is 0 Å². The van der Waals surface area contributed by atoms with Gasteiger partial charge in [-0.3, -0.25) is 4.79 Å². The molecule has 0 saturated heterocycles. The van der Waals surface area contributed by atoms with Gasteiger partial charge in [0.25, 0.3) is 0 Å². The molecule has 0 N–H and O–H groups in total. The van der Waals surface area contributed by atoms with Gasteiger partial charge in [-0.15, -0.1) is 11.8 Å². The number of Topliss-reactive ketones (excluding diaryl/α,β-unsaturated/α-hetero) is 1. The second-order valence-corrected chi connectivity index (χ2v) is 4.78. The Labute approximate surface area is 103 Å². The number of rotatable bonds is 7. The van der Waals surface area contributed by atoms with Crippen molar-refractivity contribution in [1.29, 1.82) is 0 Å². The lowest BCUT2D eigenvalue weighted by atomic mass is 10.0. The van der Waals surface area contributed by atoms with Crippen LogP contribution in [0.15, 0.2) is 29.2 Å². The van der Waals surface area contributed by atoms with Crippen LogP contribution in [0, 0.1) is 0 Å². The van der Waals surface area contributed by atoms with Crippen LogP contribution in [0.4, 0.5) is 0 Å². The molecule has 0 fully saturated rings. The molecule has 0 atom stereocenters. The third-order valence-corrected chi connectivity index (χ3v) is 3.46. The molecule has 0 aliphatic rings. The van der Waals surface area contributed by atoms with Crippen LogP contribution in [0.1, 0.15) is 49.4 Å². The number of hydrogen-bond acceptors (Lipinski definition) is 2. The zero-order valence-corrected chi connectivity index (χ0v) is 11.0. The zero-order chi connectivity index (χ0) is 11.8. The molecule has 1 rings (SSSR count). The lowest BCUT2D eigenvalue weighted by molar-refractivity contribution is 0.0976. The molecular weight excluding hydrogens is 216 g/mol. The van der Waals surface area contributed by atoms with Crippen molar-refractivity contribution in [3.8, 4) is 0 Å². The summed E-state index contributed by atoms with van der Waals surface area (Å²) in [5.41, 5.74) is 0.895. The van der Waals surface area contributed by atoms with Gasteiger partial charge in [0, 0.05) is 16.9 Å². The SMILES string of the molecule is CCCCCCC(=O)c1ccccc1SC. The summed E-state index contributed by atoms with van der Waals surface area (Å²) in [4.78, 5) is 13.1. The highest BCUT2D eigenvalue weighted by Crippen LogP contribution is 2.21. The summed E-state index contributed by atoms with van der Waals surface area (Å²) in [5.74, 6) is 0.293. The third-order valence-electron chi connectivity index (χ3n) is 2.66. The van der Waals surface area contributed by atoms with Crippen molar-refractivity contribution < 1.29 is 4.79 Å². The summed E-state index contributed by atoms with van der Waals surface area (Å²) in [6.45, 7) is 2.19. The lowest BCUT2D eigenvalue weighted by Crippen LogP contribution is -2.00. The molecule has 0 amide bonds. The molecule has 0 saturated carbocycles. The predicted octanol–water partition coefficient (Wildman–Crippen LogP) is 4.56. The molecule has 0 spiro atoms. The van der Waals surface area contributed by atoms with Crippen molar-refractivity contribution in [3.63, 3.8) is 0 Å². The summed E-state index contributed by atoms with van der Waals surface area (Å²) in [7, 11) is 0. The summed E-state index contributed by atoms with van der Waals surface area (Å²) < 4.78 is 0. The minimum atomic E-state index is 0.293. The highest BCUT2D eigenvalue weighted by Gasteiger charge is 2.09. The summed E-state index contributed by atoms with van der Waals surface area (Å²) in [6, 6.07) is 7.89. The number of unbranched alkanes of at least 4 members (excludes halogenated alkanes) is 3. The summed E-state index contributed by atoms with van der Waals surface area (Å²) in [6.07, 6.45) is 7.35. The molecule has 88 valence electrons. The molecule has 0 unspecified atom stereocenters. The number of hydrogen-bond donors (Lipinski definition) is 0. The summed E-state index contributed by atoms with van der Waals surface area (Å²) >= 11 is 1.65. The quantitative estimate of drug-likeness (QED) is 0.392. The van der Waals surface area contributed by atoms with E-state index in [0.29, 0.717) is 12.2 Å². The Morgan fingerprint density at radius 3 is 2.62 bits per heavy atom. The predicted molar refractivity (Wildman–Crippen MR) is 71.3 cm³/mol. The number of benzene rings is 1. The fourth-order valence-electron chi connectivity index (χ4n) is 1.72. The first-order valence-electron chi connectivity index (χ1n) is 5.95. The number of ketones is 1. The molecule has 1 aromatic rings. The summed E-state index contributed by atoms with van der Waals surface area (Å²) in [5, 5.41) is 0. The maximum Gasteiger partial charge on any atom is 0.163 e. The van der Waals surface area contributed by atoms with E-state index in [1.807, 2.05) is 30.5 Å². The normalized spacial score (nSPS) is 10.4. The maximum atomic E-state index is 12.0. The van der Waals surface area contributed by atoms with Crippen LogP contribution in [-0.2, 0) is 0 Å². The van der Waals surface area contributed by atoms with Gasteiger partial charge in [-0.2, -0.15) is 0 Å². The largest absolute Gasteiger partial charge is 0.294 e. The van der Waals surface area contributed by atoms with Crippen molar-refractivity contribution in [2.75, 3.05) is 6.26 Å². The van der Waals surface area contributed by atoms with E-state index in [2.05, 4.69) is 6.92 Å². The Morgan fingerprint density at radius 1 is 1.19 bits per heavy atom. The van der Waals surface area contributed by atoms with Crippen LogP contribution in [0.2, 0.25) is 0 Å². The minimum absolute atomic E-state index is 0.293. The van der Waals surface area contributed by atoms with Crippen molar-refractivity contribution >= 4 is 17.5 Å². The smallest absolute Gasteiger partial charge is 0.163 e. The van der Waals surface area contributed by atoms with Crippen LogP contribution in [0.25, 0.3) is 0 Å². The van der Waals surface area contributed by atoms with Gasteiger partial charge in [-0.05, 0) is 18.7 Å². The first kappa shape index (κ1) is 13.3. The fraction of sp³-hybridized carbons (Fsp3) is 0.500. The molecule has 0 bridgehead atoms. The van der Waals surface area contributed by atoms with E-state index in [9.17, 15) is 4.79 Å². The zero-order valence-electron chi connectivity index (χ0n) is 10.2. The Kier molecular flexibility index (Phi) is 6.24.